The number of rotatable bonds is 8. The maximum Gasteiger partial charge on any atom is 0.270 e. The molecule has 2 amide bonds. The summed E-state index contributed by atoms with van der Waals surface area (Å²) in [6.07, 6.45) is 5.11. The van der Waals surface area contributed by atoms with Gasteiger partial charge in [0.25, 0.3) is 5.91 Å². The zero-order valence-corrected chi connectivity index (χ0v) is 21.8. The highest BCUT2D eigenvalue weighted by molar-refractivity contribution is 5.92. The predicted octanol–water partition coefficient (Wildman–Crippen LogP) is 1.46. The molecule has 0 radical (unpaired) electrons. The van der Waals surface area contributed by atoms with Gasteiger partial charge in [0.2, 0.25) is 5.91 Å². The minimum atomic E-state index is -0.668. The number of morpholine rings is 1. The van der Waals surface area contributed by atoms with Gasteiger partial charge < -0.3 is 25.4 Å². The van der Waals surface area contributed by atoms with Gasteiger partial charge in [-0.2, -0.15) is 0 Å². The SMILES string of the molecule is O=C(NCC(O)CN1CCc2ccccc2C1)c1cc(NC2CCC(C(=O)N3CCOCC3)CC2)ncn1. The lowest BCUT2D eigenvalue weighted by Gasteiger charge is -2.34. The molecule has 38 heavy (non-hydrogen) atoms. The number of fused-ring (bicyclic) bond motifs is 1. The van der Waals surface area contributed by atoms with Crippen LogP contribution in [0.3, 0.4) is 0 Å². The van der Waals surface area contributed by atoms with E-state index in [9.17, 15) is 14.7 Å². The number of carbonyl (C=O) groups is 2. The third-order valence-corrected chi connectivity index (χ3v) is 7.83. The molecule has 2 fully saturated rings. The first-order valence-corrected chi connectivity index (χ1v) is 13.8. The van der Waals surface area contributed by atoms with Crippen molar-refractivity contribution in [3.63, 3.8) is 0 Å². The van der Waals surface area contributed by atoms with E-state index in [-0.39, 0.29) is 36.0 Å². The first kappa shape index (κ1) is 26.5. The summed E-state index contributed by atoms with van der Waals surface area (Å²) in [6, 6.07) is 10.2. The van der Waals surface area contributed by atoms with Crippen LogP contribution in [0.4, 0.5) is 5.82 Å². The number of carbonyl (C=O) groups excluding carboxylic acids is 2. The van der Waals surface area contributed by atoms with Crippen molar-refractivity contribution in [2.24, 2.45) is 5.92 Å². The molecular formula is C28H38N6O4. The Morgan fingerprint density at radius 2 is 1.82 bits per heavy atom. The summed E-state index contributed by atoms with van der Waals surface area (Å²) >= 11 is 0. The lowest BCUT2D eigenvalue weighted by molar-refractivity contribution is -0.140. The lowest BCUT2D eigenvalue weighted by Crippen LogP contribution is -2.45. The third kappa shape index (κ3) is 6.86. The van der Waals surface area contributed by atoms with Crippen molar-refractivity contribution >= 4 is 17.6 Å². The van der Waals surface area contributed by atoms with Crippen molar-refractivity contribution in [2.75, 3.05) is 51.3 Å². The molecule has 0 bridgehead atoms. The van der Waals surface area contributed by atoms with Crippen LogP contribution in [-0.4, -0.2) is 94.8 Å². The zero-order valence-electron chi connectivity index (χ0n) is 21.8. The number of β-amino-alcohol motifs (C(OH)–C–C–N with tert-alkyl or cyclic N) is 1. The summed E-state index contributed by atoms with van der Waals surface area (Å²) in [5.41, 5.74) is 2.93. The van der Waals surface area contributed by atoms with Gasteiger partial charge in [0.15, 0.2) is 0 Å². The highest BCUT2D eigenvalue weighted by atomic mass is 16.5. The Balaban J connectivity index is 1.05. The average Bonchev–Trinajstić information content (AvgIpc) is 2.96. The van der Waals surface area contributed by atoms with Crippen LogP contribution in [0.25, 0.3) is 0 Å². The molecule has 1 unspecified atom stereocenters. The molecule has 2 aromatic rings. The van der Waals surface area contributed by atoms with Crippen molar-refractivity contribution < 1.29 is 19.4 Å². The minimum Gasteiger partial charge on any atom is -0.390 e. The van der Waals surface area contributed by atoms with Gasteiger partial charge in [-0.1, -0.05) is 24.3 Å². The fourth-order valence-corrected chi connectivity index (χ4v) is 5.67. The summed E-state index contributed by atoms with van der Waals surface area (Å²) in [7, 11) is 0. The maximum absolute atomic E-state index is 12.8. The number of aliphatic hydroxyl groups excluding tert-OH is 1. The van der Waals surface area contributed by atoms with Gasteiger partial charge >= 0.3 is 0 Å². The minimum absolute atomic E-state index is 0.0731. The van der Waals surface area contributed by atoms with Crippen molar-refractivity contribution in [1.82, 2.24) is 25.1 Å². The standard InChI is InChI=1S/C28H38N6O4/c35-24(18-33-10-9-20-3-1-2-4-22(20)17-33)16-29-27(36)25-15-26(31-19-30-25)32-23-7-5-21(6-8-23)28(37)34-11-13-38-14-12-34/h1-4,15,19,21,23-24,35H,5-14,16-18H2,(H,29,36)(H,30,31,32). The smallest absolute Gasteiger partial charge is 0.270 e. The Kier molecular flexibility index (Phi) is 8.83. The van der Waals surface area contributed by atoms with E-state index in [1.165, 1.54) is 17.5 Å². The van der Waals surface area contributed by atoms with E-state index in [4.69, 9.17) is 4.74 Å². The van der Waals surface area contributed by atoms with Crippen molar-refractivity contribution in [1.29, 1.82) is 0 Å². The van der Waals surface area contributed by atoms with Gasteiger partial charge in [0.05, 0.1) is 19.3 Å². The first-order valence-electron chi connectivity index (χ1n) is 13.8. The highest BCUT2D eigenvalue weighted by Gasteiger charge is 2.30. The van der Waals surface area contributed by atoms with Crippen molar-refractivity contribution in [3.8, 4) is 0 Å². The van der Waals surface area contributed by atoms with Crippen LogP contribution in [0.15, 0.2) is 36.7 Å². The van der Waals surface area contributed by atoms with E-state index in [1.54, 1.807) is 6.07 Å². The van der Waals surface area contributed by atoms with E-state index in [2.05, 4.69) is 43.7 Å². The van der Waals surface area contributed by atoms with Gasteiger partial charge in [-0.15, -0.1) is 0 Å². The Morgan fingerprint density at radius 3 is 2.61 bits per heavy atom. The van der Waals surface area contributed by atoms with Gasteiger partial charge in [0.1, 0.15) is 17.8 Å². The second-order valence-corrected chi connectivity index (χ2v) is 10.5. The van der Waals surface area contributed by atoms with Crippen LogP contribution < -0.4 is 10.6 Å². The molecule has 1 aliphatic carbocycles. The molecular weight excluding hydrogens is 484 g/mol. The van der Waals surface area contributed by atoms with E-state index in [1.807, 2.05) is 11.0 Å². The summed E-state index contributed by atoms with van der Waals surface area (Å²) in [5.74, 6) is 0.586. The molecule has 10 nitrogen and oxygen atoms in total. The molecule has 3 aliphatic rings. The lowest BCUT2D eigenvalue weighted by atomic mass is 9.85. The number of amides is 2. The molecule has 2 aliphatic heterocycles. The average molecular weight is 523 g/mol. The Hall–Kier alpha value is -3.08. The molecule has 1 aromatic heterocycles. The van der Waals surface area contributed by atoms with E-state index in [0.29, 0.717) is 38.7 Å². The number of nitrogens with one attached hydrogen (secondary N) is 2. The molecule has 10 heteroatoms. The second kappa shape index (κ2) is 12.6. The first-order chi connectivity index (χ1) is 18.5. The molecule has 1 saturated heterocycles. The Bertz CT molecular complexity index is 1100. The van der Waals surface area contributed by atoms with Crippen LogP contribution in [-0.2, 0) is 22.5 Å². The van der Waals surface area contributed by atoms with Crippen LogP contribution in [0.5, 0.6) is 0 Å². The topological polar surface area (TPSA) is 120 Å². The quantitative estimate of drug-likeness (QED) is 0.477. The Labute approximate surface area is 223 Å². The van der Waals surface area contributed by atoms with E-state index >= 15 is 0 Å². The molecule has 1 aromatic carbocycles. The van der Waals surface area contributed by atoms with Gasteiger partial charge in [-0.25, -0.2) is 9.97 Å². The highest BCUT2D eigenvalue weighted by Crippen LogP contribution is 2.28. The van der Waals surface area contributed by atoms with Crippen molar-refractivity contribution in [3.05, 3.63) is 53.5 Å². The predicted molar refractivity (Wildman–Crippen MR) is 143 cm³/mol. The largest absolute Gasteiger partial charge is 0.390 e. The summed E-state index contributed by atoms with van der Waals surface area (Å²) < 4.78 is 5.36. The fourth-order valence-electron chi connectivity index (χ4n) is 5.67. The van der Waals surface area contributed by atoms with Gasteiger partial charge in [0, 0.05) is 57.3 Å². The number of nitrogens with zero attached hydrogens (tertiary/aromatic N) is 4. The maximum atomic E-state index is 12.8. The second-order valence-electron chi connectivity index (χ2n) is 10.5. The molecule has 1 atom stereocenters. The zero-order chi connectivity index (χ0) is 26.3. The monoisotopic (exact) mass is 522 g/mol. The van der Waals surface area contributed by atoms with E-state index in [0.717, 1.165) is 45.2 Å². The third-order valence-electron chi connectivity index (χ3n) is 7.83. The van der Waals surface area contributed by atoms with Crippen LogP contribution in [0.2, 0.25) is 0 Å². The van der Waals surface area contributed by atoms with Crippen LogP contribution in [0, 0.1) is 5.92 Å². The molecule has 3 heterocycles. The van der Waals surface area contributed by atoms with Crippen LogP contribution in [0.1, 0.15) is 47.3 Å². The molecule has 204 valence electrons. The van der Waals surface area contributed by atoms with Gasteiger partial charge in [-0.3, -0.25) is 14.5 Å². The number of ether oxygens (including phenoxy) is 1. The molecule has 5 rings (SSSR count). The molecule has 0 spiro atoms. The number of anilines is 1. The number of hydrogen-bond acceptors (Lipinski definition) is 8. The number of hydrogen-bond donors (Lipinski definition) is 3. The van der Waals surface area contributed by atoms with E-state index < -0.39 is 6.10 Å². The number of aromatic nitrogens is 2. The van der Waals surface area contributed by atoms with Gasteiger partial charge in [-0.05, 0) is 43.2 Å². The van der Waals surface area contributed by atoms with Crippen molar-refractivity contribution in [2.45, 2.75) is 50.8 Å². The number of aliphatic hydroxyl groups is 1. The Morgan fingerprint density at radius 1 is 1.05 bits per heavy atom. The fraction of sp³-hybridized carbons (Fsp3) is 0.571. The molecule has 3 N–H and O–H groups in total. The van der Waals surface area contributed by atoms with Crippen LogP contribution >= 0.6 is 0 Å². The normalized spacial score (nSPS) is 22.8. The summed E-state index contributed by atoms with van der Waals surface area (Å²) in [4.78, 5) is 38.0. The summed E-state index contributed by atoms with van der Waals surface area (Å²) in [5, 5.41) is 16.7. The molecule has 1 saturated carbocycles. The summed E-state index contributed by atoms with van der Waals surface area (Å²) in [6.45, 7) is 4.99. The number of benzene rings is 1.